The molecule has 1 fully saturated rings. The maximum atomic E-state index is 13.9. The lowest BCUT2D eigenvalue weighted by Gasteiger charge is -2.14. The minimum atomic E-state index is -4.97. The molecule has 0 aliphatic carbocycles. The summed E-state index contributed by atoms with van der Waals surface area (Å²) in [5.74, 6) is -1.00. The molecule has 0 radical (unpaired) electrons. The predicted octanol–water partition coefficient (Wildman–Crippen LogP) is 4.21. The number of aliphatic hydroxyl groups excluding tert-OH is 1. The summed E-state index contributed by atoms with van der Waals surface area (Å²) in [6.45, 7) is 1.39. The van der Waals surface area contributed by atoms with Crippen LogP contribution in [0.5, 0.6) is 0 Å². The highest BCUT2D eigenvalue weighted by Gasteiger charge is 2.37. The molecular weight excluding hydrogens is 602 g/mol. The van der Waals surface area contributed by atoms with Gasteiger partial charge in [-0.3, -0.25) is 10.1 Å². The van der Waals surface area contributed by atoms with E-state index in [1.807, 2.05) is 0 Å². The van der Waals surface area contributed by atoms with Crippen molar-refractivity contribution in [3.63, 3.8) is 0 Å². The van der Waals surface area contributed by atoms with Crippen molar-refractivity contribution in [3.05, 3.63) is 59.0 Å². The minimum Gasteiger partial charge on any atom is -0.392 e. The molecule has 3 aromatic heterocycles. The van der Waals surface area contributed by atoms with Gasteiger partial charge in [0.15, 0.2) is 20.7 Å². The van der Waals surface area contributed by atoms with Gasteiger partial charge in [-0.2, -0.15) is 35.7 Å². The van der Waals surface area contributed by atoms with Crippen LogP contribution in [0, 0.1) is 6.92 Å². The summed E-state index contributed by atoms with van der Waals surface area (Å²) in [4.78, 5) is 21.2. The van der Waals surface area contributed by atoms with E-state index in [2.05, 4.69) is 20.4 Å². The van der Waals surface area contributed by atoms with Crippen molar-refractivity contribution in [3.8, 4) is 11.3 Å². The summed E-state index contributed by atoms with van der Waals surface area (Å²) in [5, 5.41) is 15.5. The number of carbonyl (C=O) groups excluding carboxylic acids is 1. The highest BCUT2D eigenvalue weighted by molar-refractivity contribution is 7.91. The van der Waals surface area contributed by atoms with Crippen LogP contribution in [0.3, 0.4) is 0 Å². The van der Waals surface area contributed by atoms with E-state index in [9.17, 15) is 44.7 Å². The van der Waals surface area contributed by atoms with Crippen molar-refractivity contribution in [2.75, 3.05) is 18.4 Å². The third kappa shape index (κ3) is 5.51. The van der Waals surface area contributed by atoms with Crippen molar-refractivity contribution >= 4 is 38.0 Å². The first-order valence-corrected chi connectivity index (χ1v) is 13.9. The number of sulfonamides is 1. The summed E-state index contributed by atoms with van der Waals surface area (Å²) in [5.41, 5.74) is -3.68. The Morgan fingerprint density at radius 1 is 1.10 bits per heavy atom. The molecule has 0 spiro atoms. The van der Waals surface area contributed by atoms with Crippen LogP contribution in [-0.2, 0) is 22.4 Å². The molecule has 218 valence electrons. The largest absolute Gasteiger partial charge is 0.433 e. The van der Waals surface area contributed by atoms with Crippen molar-refractivity contribution in [2.45, 2.75) is 36.0 Å². The Bertz CT molecular complexity index is 1750. The van der Waals surface area contributed by atoms with E-state index in [4.69, 9.17) is 0 Å². The molecular formula is C23H18F6N6O4S2. The van der Waals surface area contributed by atoms with E-state index in [-0.39, 0.29) is 45.8 Å². The fourth-order valence-electron chi connectivity index (χ4n) is 4.19. The molecule has 1 aliphatic rings. The highest BCUT2D eigenvalue weighted by atomic mass is 32.2. The number of thiazole rings is 1. The molecule has 1 amide bonds. The van der Waals surface area contributed by atoms with E-state index in [1.54, 1.807) is 0 Å². The molecule has 4 heterocycles. The summed E-state index contributed by atoms with van der Waals surface area (Å²) < 4.78 is 108. The van der Waals surface area contributed by atoms with Gasteiger partial charge in [-0.15, -0.1) is 0 Å². The third-order valence-corrected chi connectivity index (χ3v) is 9.71. The number of aryl methyl sites for hydroxylation is 1. The van der Waals surface area contributed by atoms with Crippen LogP contribution in [-0.4, -0.2) is 62.5 Å². The Morgan fingerprint density at radius 2 is 1.78 bits per heavy atom. The Labute approximate surface area is 231 Å². The zero-order valence-electron chi connectivity index (χ0n) is 20.7. The molecule has 1 saturated heterocycles. The van der Waals surface area contributed by atoms with Crippen LogP contribution < -0.4 is 5.32 Å². The molecule has 2 N–H and O–H groups in total. The molecule has 1 aromatic carbocycles. The summed E-state index contributed by atoms with van der Waals surface area (Å²) >= 11 is 0.622. The monoisotopic (exact) mass is 620 g/mol. The lowest BCUT2D eigenvalue weighted by atomic mass is 10.1. The first-order chi connectivity index (χ1) is 19.1. The van der Waals surface area contributed by atoms with Crippen molar-refractivity contribution in [2.24, 2.45) is 0 Å². The average Bonchev–Trinajstić information content (AvgIpc) is 3.60. The number of anilines is 1. The van der Waals surface area contributed by atoms with Gasteiger partial charge in [0.25, 0.3) is 15.9 Å². The van der Waals surface area contributed by atoms with E-state index < -0.39 is 56.9 Å². The van der Waals surface area contributed by atoms with Crippen LogP contribution in [0.25, 0.3) is 16.9 Å². The number of amides is 1. The number of carbonyl (C=O) groups is 1. The van der Waals surface area contributed by atoms with Crippen molar-refractivity contribution in [1.82, 2.24) is 23.9 Å². The molecule has 18 heteroatoms. The molecule has 0 saturated carbocycles. The van der Waals surface area contributed by atoms with Gasteiger partial charge >= 0.3 is 12.4 Å². The second kappa shape index (κ2) is 10.0. The van der Waals surface area contributed by atoms with Crippen molar-refractivity contribution in [1.29, 1.82) is 0 Å². The Morgan fingerprint density at radius 3 is 2.37 bits per heavy atom. The minimum absolute atomic E-state index is 0.0635. The van der Waals surface area contributed by atoms with Gasteiger partial charge in [-0.25, -0.2) is 22.9 Å². The van der Waals surface area contributed by atoms with Gasteiger partial charge in [-0.05, 0) is 31.5 Å². The second-order valence-electron chi connectivity index (χ2n) is 9.04. The number of aliphatic hydroxyl groups is 1. The van der Waals surface area contributed by atoms with Crippen LogP contribution in [0.1, 0.15) is 33.7 Å². The van der Waals surface area contributed by atoms with Crippen LogP contribution >= 0.6 is 11.3 Å². The lowest BCUT2D eigenvalue weighted by Crippen LogP contribution is -2.29. The number of hydrogen-bond acceptors (Lipinski definition) is 8. The standard InChI is InChI=1S/C23H18F6N6O4S2/c1-11-20(41(38,39)34-7-6-14(36)10-34)40-21(31-11)33-19(37)15-9-30-35-17(23(27,28)29)8-16(32-18(15)35)12-2-4-13(5-3-12)22(24,25)26/h2-5,8-9,14,36H,6-7,10H2,1H3,(H,31,33,37)/t14-/m1/s1. The number of nitrogens with zero attached hydrogens (tertiary/aromatic N) is 5. The first-order valence-electron chi connectivity index (χ1n) is 11.7. The maximum Gasteiger partial charge on any atom is 0.433 e. The van der Waals surface area contributed by atoms with Crippen LogP contribution in [0.2, 0.25) is 0 Å². The fourth-order valence-corrected chi connectivity index (χ4v) is 7.23. The smallest absolute Gasteiger partial charge is 0.392 e. The van der Waals surface area contributed by atoms with E-state index >= 15 is 0 Å². The number of β-amino-alcohol motifs (C(OH)–C–C–N with tert-alkyl or cyclic N) is 1. The maximum absolute atomic E-state index is 13.9. The van der Waals surface area contributed by atoms with Crippen molar-refractivity contribution < 1.29 is 44.7 Å². The topological polar surface area (TPSA) is 130 Å². The second-order valence-corrected chi connectivity index (χ2v) is 12.2. The molecule has 1 aliphatic heterocycles. The number of aromatic nitrogens is 4. The zero-order valence-corrected chi connectivity index (χ0v) is 22.3. The van der Waals surface area contributed by atoms with Gasteiger partial charge in [-0.1, -0.05) is 23.5 Å². The van der Waals surface area contributed by atoms with Crippen LogP contribution in [0.15, 0.2) is 40.7 Å². The number of halogens is 6. The molecule has 41 heavy (non-hydrogen) atoms. The lowest BCUT2D eigenvalue weighted by molar-refractivity contribution is -0.142. The molecule has 0 unspecified atom stereocenters. The van der Waals surface area contributed by atoms with Crippen LogP contribution in [0.4, 0.5) is 31.5 Å². The van der Waals surface area contributed by atoms with Gasteiger partial charge in [0.05, 0.1) is 29.3 Å². The van der Waals surface area contributed by atoms with E-state index in [0.29, 0.717) is 34.1 Å². The third-order valence-electron chi connectivity index (χ3n) is 6.19. The molecule has 0 bridgehead atoms. The van der Waals surface area contributed by atoms with Gasteiger partial charge < -0.3 is 5.11 Å². The SMILES string of the molecule is Cc1nc(NC(=O)c2cnn3c(C(F)(F)F)cc(-c4ccc(C(F)(F)F)cc4)nc23)sc1S(=O)(=O)N1CC[C@@H](O)C1. The number of benzene rings is 1. The normalized spacial score (nSPS) is 16.9. The summed E-state index contributed by atoms with van der Waals surface area (Å²) in [7, 11) is -4.02. The van der Waals surface area contributed by atoms with Gasteiger partial charge in [0.2, 0.25) is 0 Å². The number of hydrogen-bond donors (Lipinski definition) is 2. The number of rotatable bonds is 5. The average molecular weight is 621 g/mol. The number of alkyl halides is 6. The highest BCUT2D eigenvalue weighted by Crippen LogP contribution is 2.35. The zero-order chi connectivity index (χ0) is 29.9. The van der Waals surface area contributed by atoms with E-state index in [0.717, 1.165) is 22.6 Å². The number of fused-ring (bicyclic) bond motifs is 1. The quantitative estimate of drug-likeness (QED) is 0.320. The molecule has 10 nitrogen and oxygen atoms in total. The fraction of sp³-hybridized carbons (Fsp3) is 0.304. The number of nitrogens with one attached hydrogen (secondary N) is 1. The summed E-state index contributed by atoms with van der Waals surface area (Å²) in [6.07, 6.45) is -9.36. The molecule has 1 atom stereocenters. The Hall–Kier alpha value is -3.61. The Balaban J connectivity index is 1.50. The first kappa shape index (κ1) is 28.9. The van der Waals surface area contributed by atoms with Gasteiger partial charge in [0.1, 0.15) is 5.56 Å². The molecule has 5 rings (SSSR count). The molecule has 4 aromatic rings. The predicted molar refractivity (Wildman–Crippen MR) is 133 cm³/mol. The Kier molecular flexibility index (Phi) is 7.07. The van der Waals surface area contributed by atoms with Gasteiger partial charge in [0, 0.05) is 18.7 Å². The van der Waals surface area contributed by atoms with E-state index in [1.165, 1.54) is 6.92 Å². The summed E-state index contributed by atoms with van der Waals surface area (Å²) in [6, 6.07) is 3.89.